The van der Waals surface area contributed by atoms with E-state index in [9.17, 15) is 14.4 Å². The van der Waals surface area contributed by atoms with Gasteiger partial charge in [-0.2, -0.15) is 0 Å². The van der Waals surface area contributed by atoms with E-state index in [-0.39, 0.29) is 26.1 Å². The van der Waals surface area contributed by atoms with E-state index in [0.29, 0.717) is 0 Å². The molecule has 0 aromatic carbocycles. The number of amides is 1. The Morgan fingerprint density at radius 3 is 1.54 bits per heavy atom. The molecule has 0 aromatic rings. The molecule has 140 valence electrons. The van der Waals surface area contributed by atoms with E-state index >= 15 is 0 Å². The van der Waals surface area contributed by atoms with Gasteiger partial charge in [-0.3, -0.25) is 9.59 Å². The van der Waals surface area contributed by atoms with Crippen molar-refractivity contribution in [3.8, 4) is 0 Å². The SMILES string of the molecule is CCOC(=O)CC(C)N(C(=O)OC(C)(C)C)C(C)CC(=O)OCC. The first kappa shape index (κ1) is 22.2. The predicted molar refractivity (Wildman–Crippen MR) is 89.5 cm³/mol. The highest BCUT2D eigenvalue weighted by molar-refractivity contribution is 5.75. The highest BCUT2D eigenvalue weighted by Gasteiger charge is 2.32. The second-order valence-electron chi connectivity index (χ2n) is 6.60. The van der Waals surface area contributed by atoms with E-state index in [1.54, 1.807) is 48.5 Å². The number of carbonyl (C=O) groups is 3. The van der Waals surface area contributed by atoms with Crippen LogP contribution < -0.4 is 0 Å². The zero-order valence-corrected chi connectivity index (χ0v) is 15.9. The topological polar surface area (TPSA) is 82.1 Å². The lowest BCUT2D eigenvalue weighted by Crippen LogP contribution is -2.48. The predicted octanol–water partition coefficient (Wildman–Crippen LogP) is 2.91. The van der Waals surface area contributed by atoms with E-state index in [0.717, 1.165) is 0 Å². The summed E-state index contributed by atoms with van der Waals surface area (Å²) in [4.78, 5) is 37.4. The largest absolute Gasteiger partial charge is 0.466 e. The molecule has 0 heterocycles. The summed E-state index contributed by atoms with van der Waals surface area (Å²) in [6.45, 7) is 12.7. The number of nitrogens with zero attached hydrogens (tertiary/aromatic N) is 1. The molecule has 0 spiro atoms. The van der Waals surface area contributed by atoms with Crippen molar-refractivity contribution in [3.05, 3.63) is 0 Å². The third-order valence-corrected chi connectivity index (χ3v) is 3.09. The van der Waals surface area contributed by atoms with Crippen LogP contribution >= 0.6 is 0 Å². The molecule has 0 saturated heterocycles. The maximum atomic E-state index is 12.5. The van der Waals surface area contributed by atoms with Crippen molar-refractivity contribution in [1.29, 1.82) is 0 Å². The minimum absolute atomic E-state index is 0.0280. The molecule has 0 aliphatic rings. The molecule has 0 radical (unpaired) electrons. The third-order valence-electron chi connectivity index (χ3n) is 3.09. The normalized spacial score (nSPS) is 13.6. The van der Waals surface area contributed by atoms with Crippen molar-refractivity contribution in [2.45, 2.75) is 79.0 Å². The van der Waals surface area contributed by atoms with Crippen molar-refractivity contribution in [3.63, 3.8) is 0 Å². The summed E-state index contributed by atoms with van der Waals surface area (Å²) in [5.41, 5.74) is -0.678. The number of carbonyl (C=O) groups excluding carboxylic acids is 3. The lowest BCUT2D eigenvalue weighted by Gasteiger charge is -2.35. The fourth-order valence-electron chi connectivity index (χ4n) is 2.23. The van der Waals surface area contributed by atoms with Gasteiger partial charge >= 0.3 is 18.0 Å². The Morgan fingerprint density at radius 2 is 1.25 bits per heavy atom. The molecule has 0 aliphatic heterocycles. The smallest absolute Gasteiger partial charge is 0.410 e. The summed E-state index contributed by atoms with van der Waals surface area (Å²) in [6.07, 6.45) is -0.517. The van der Waals surface area contributed by atoms with E-state index in [4.69, 9.17) is 14.2 Å². The van der Waals surface area contributed by atoms with Crippen molar-refractivity contribution in [1.82, 2.24) is 4.90 Å². The van der Waals surface area contributed by atoms with Crippen molar-refractivity contribution >= 4 is 18.0 Å². The fraction of sp³-hybridized carbons (Fsp3) is 0.824. The average molecular weight is 345 g/mol. The minimum atomic E-state index is -0.678. The Morgan fingerprint density at radius 1 is 0.875 bits per heavy atom. The van der Waals surface area contributed by atoms with Crippen LogP contribution in [0.25, 0.3) is 0 Å². The van der Waals surface area contributed by atoms with Crippen LogP contribution in [0.5, 0.6) is 0 Å². The van der Waals surface area contributed by atoms with E-state index in [1.165, 1.54) is 4.90 Å². The van der Waals surface area contributed by atoms with Gasteiger partial charge in [-0.05, 0) is 48.5 Å². The first-order valence-corrected chi connectivity index (χ1v) is 8.34. The third kappa shape index (κ3) is 8.74. The maximum Gasteiger partial charge on any atom is 0.410 e. The van der Waals surface area contributed by atoms with Crippen molar-refractivity contribution in [2.75, 3.05) is 13.2 Å². The van der Waals surface area contributed by atoms with Gasteiger partial charge in [0.2, 0.25) is 0 Å². The molecular weight excluding hydrogens is 314 g/mol. The van der Waals surface area contributed by atoms with Gasteiger partial charge in [0.25, 0.3) is 0 Å². The lowest BCUT2D eigenvalue weighted by atomic mass is 10.1. The molecule has 2 unspecified atom stereocenters. The Labute approximate surface area is 144 Å². The Balaban J connectivity index is 5.15. The van der Waals surface area contributed by atoms with Crippen LogP contribution in [-0.2, 0) is 23.8 Å². The Hall–Kier alpha value is -1.79. The highest BCUT2D eigenvalue weighted by Crippen LogP contribution is 2.18. The second kappa shape index (κ2) is 10.2. The van der Waals surface area contributed by atoms with E-state index < -0.39 is 35.7 Å². The van der Waals surface area contributed by atoms with Gasteiger partial charge in [-0.25, -0.2) is 4.79 Å². The van der Waals surface area contributed by atoms with Crippen molar-refractivity contribution in [2.24, 2.45) is 0 Å². The highest BCUT2D eigenvalue weighted by atomic mass is 16.6. The van der Waals surface area contributed by atoms with Gasteiger partial charge < -0.3 is 19.1 Å². The summed E-state index contributed by atoms with van der Waals surface area (Å²) >= 11 is 0. The van der Waals surface area contributed by atoms with Crippen LogP contribution in [0.3, 0.4) is 0 Å². The van der Waals surface area contributed by atoms with Gasteiger partial charge in [-0.15, -0.1) is 0 Å². The van der Waals surface area contributed by atoms with Crippen LogP contribution in [0, 0.1) is 0 Å². The van der Waals surface area contributed by atoms with Crippen LogP contribution in [0.2, 0.25) is 0 Å². The van der Waals surface area contributed by atoms with Gasteiger partial charge in [0.15, 0.2) is 0 Å². The molecule has 0 saturated carbocycles. The molecule has 0 aromatic heterocycles. The van der Waals surface area contributed by atoms with E-state index in [1.807, 2.05) is 0 Å². The quantitative estimate of drug-likeness (QED) is 0.497. The molecule has 24 heavy (non-hydrogen) atoms. The number of ether oxygens (including phenoxy) is 3. The fourth-order valence-corrected chi connectivity index (χ4v) is 2.23. The summed E-state index contributed by atoms with van der Waals surface area (Å²) in [5, 5.41) is 0. The van der Waals surface area contributed by atoms with E-state index in [2.05, 4.69) is 0 Å². The molecule has 7 nitrogen and oxygen atoms in total. The molecule has 0 N–H and O–H groups in total. The summed E-state index contributed by atoms with van der Waals surface area (Å²) < 4.78 is 15.3. The van der Waals surface area contributed by atoms with Gasteiger partial charge in [0.05, 0.1) is 26.1 Å². The molecule has 0 fully saturated rings. The van der Waals surface area contributed by atoms with Crippen LogP contribution in [0.1, 0.15) is 61.3 Å². The molecule has 0 rings (SSSR count). The van der Waals surface area contributed by atoms with Crippen LogP contribution in [0.4, 0.5) is 4.79 Å². The zero-order valence-electron chi connectivity index (χ0n) is 15.9. The summed E-state index contributed by atoms with van der Waals surface area (Å²) in [6, 6.07) is -0.938. The van der Waals surface area contributed by atoms with Crippen LogP contribution in [-0.4, -0.2) is 53.8 Å². The second-order valence-corrected chi connectivity index (χ2v) is 6.60. The molecule has 1 amide bonds. The lowest BCUT2D eigenvalue weighted by molar-refractivity contribution is -0.145. The zero-order chi connectivity index (χ0) is 18.9. The molecule has 0 aliphatic carbocycles. The van der Waals surface area contributed by atoms with Gasteiger partial charge in [0, 0.05) is 12.1 Å². The minimum Gasteiger partial charge on any atom is -0.466 e. The summed E-state index contributed by atoms with van der Waals surface area (Å²) in [7, 11) is 0. The standard InChI is InChI=1S/C17H31NO6/c1-8-22-14(19)10-12(3)18(16(21)24-17(5,6)7)13(4)11-15(20)23-9-2/h12-13H,8-11H2,1-7H3. The number of hydrogen-bond donors (Lipinski definition) is 0. The first-order valence-electron chi connectivity index (χ1n) is 8.34. The molecule has 0 bridgehead atoms. The Bertz CT molecular complexity index is 403. The average Bonchev–Trinajstić information content (AvgIpc) is 2.36. The monoisotopic (exact) mass is 345 g/mol. The summed E-state index contributed by atoms with van der Waals surface area (Å²) in [5.74, 6) is -0.802. The maximum absolute atomic E-state index is 12.5. The number of rotatable bonds is 8. The number of hydrogen-bond acceptors (Lipinski definition) is 6. The Kier molecular flexibility index (Phi) is 9.40. The first-order chi connectivity index (χ1) is 11.0. The molecule has 2 atom stereocenters. The van der Waals surface area contributed by atoms with Crippen LogP contribution in [0.15, 0.2) is 0 Å². The number of esters is 2. The molecule has 7 heteroatoms. The van der Waals surface area contributed by atoms with Gasteiger partial charge in [0.1, 0.15) is 5.60 Å². The van der Waals surface area contributed by atoms with Gasteiger partial charge in [-0.1, -0.05) is 0 Å². The molecular formula is C17H31NO6. The van der Waals surface area contributed by atoms with Crippen molar-refractivity contribution < 1.29 is 28.6 Å².